The topological polar surface area (TPSA) is 74.2 Å². The van der Waals surface area contributed by atoms with Gasteiger partial charge in [-0.05, 0) is 17.9 Å². The maximum absolute atomic E-state index is 12.1. The number of hydrogen-bond acceptors (Lipinski definition) is 6. The molecule has 6 heteroatoms. The number of esters is 1. The maximum Gasteiger partial charge on any atom is 0.306 e. The summed E-state index contributed by atoms with van der Waals surface area (Å²) >= 11 is 0. The van der Waals surface area contributed by atoms with Crippen LogP contribution < -0.4 is 0 Å². The summed E-state index contributed by atoms with van der Waals surface area (Å²) in [7, 11) is 0. The Balaban J connectivity index is 1.48. The summed E-state index contributed by atoms with van der Waals surface area (Å²) in [4.78, 5) is 12.1. The van der Waals surface area contributed by atoms with Crippen LogP contribution in [0.4, 0.5) is 0 Å². The Morgan fingerprint density at radius 3 is 2.79 bits per heavy atom. The number of ether oxygens (including phenoxy) is 4. The lowest BCUT2D eigenvalue weighted by atomic mass is 9.96. The normalized spacial score (nSPS) is 29.2. The van der Waals surface area contributed by atoms with Crippen molar-refractivity contribution in [2.45, 2.75) is 76.7 Å². The third kappa shape index (κ3) is 5.77. The third-order valence-electron chi connectivity index (χ3n) is 5.19. The van der Waals surface area contributed by atoms with Crippen LogP contribution >= 0.6 is 0 Å². The van der Waals surface area contributed by atoms with Crippen molar-refractivity contribution in [2.24, 2.45) is 5.92 Å². The molecule has 28 heavy (non-hydrogen) atoms. The van der Waals surface area contributed by atoms with E-state index in [4.69, 9.17) is 18.9 Å². The second kappa shape index (κ2) is 9.83. The fourth-order valence-corrected chi connectivity index (χ4v) is 3.96. The van der Waals surface area contributed by atoms with Crippen LogP contribution in [0.2, 0.25) is 0 Å². The smallest absolute Gasteiger partial charge is 0.306 e. The van der Waals surface area contributed by atoms with Crippen LogP contribution in [-0.2, 0) is 30.3 Å². The molecule has 1 aromatic rings. The van der Waals surface area contributed by atoms with E-state index in [1.807, 2.05) is 44.2 Å². The van der Waals surface area contributed by atoms with E-state index in [1.165, 1.54) is 0 Å². The van der Waals surface area contributed by atoms with E-state index in [1.54, 1.807) is 0 Å². The Hall–Kier alpha value is -1.47. The third-order valence-corrected chi connectivity index (χ3v) is 5.19. The van der Waals surface area contributed by atoms with Gasteiger partial charge in [-0.25, -0.2) is 0 Å². The molecule has 0 aromatic heterocycles. The summed E-state index contributed by atoms with van der Waals surface area (Å²) in [6.07, 6.45) is 2.07. The summed E-state index contributed by atoms with van der Waals surface area (Å²) in [6, 6.07) is 10.1. The second-order valence-corrected chi connectivity index (χ2v) is 8.20. The van der Waals surface area contributed by atoms with Crippen LogP contribution in [0, 0.1) is 5.92 Å². The molecule has 4 atom stereocenters. The highest BCUT2D eigenvalue weighted by Crippen LogP contribution is 2.43. The molecule has 0 aliphatic carbocycles. The first kappa shape index (κ1) is 21.2. The van der Waals surface area contributed by atoms with Crippen LogP contribution in [0.25, 0.3) is 0 Å². The molecule has 2 heterocycles. The molecule has 0 radical (unpaired) electrons. The highest BCUT2D eigenvalue weighted by molar-refractivity contribution is 5.69. The van der Waals surface area contributed by atoms with Crippen LogP contribution in [0.5, 0.6) is 0 Å². The molecule has 0 saturated carbocycles. The molecular formula is C22H32O6. The summed E-state index contributed by atoms with van der Waals surface area (Å²) in [5.41, 5.74) is 1.14. The van der Waals surface area contributed by atoms with Crippen molar-refractivity contribution in [3.63, 3.8) is 0 Å². The molecule has 2 fully saturated rings. The van der Waals surface area contributed by atoms with Crippen molar-refractivity contribution in [3.05, 3.63) is 35.9 Å². The van der Waals surface area contributed by atoms with Gasteiger partial charge in [0.15, 0.2) is 5.79 Å². The van der Waals surface area contributed by atoms with E-state index in [0.29, 0.717) is 38.9 Å². The maximum atomic E-state index is 12.1. The Morgan fingerprint density at radius 2 is 2.07 bits per heavy atom. The van der Waals surface area contributed by atoms with E-state index in [0.717, 1.165) is 12.0 Å². The molecule has 2 aliphatic heterocycles. The van der Waals surface area contributed by atoms with Gasteiger partial charge >= 0.3 is 5.97 Å². The summed E-state index contributed by atoms with van der Waals surface area (Å²) < 4.78 is 23.6. The second-order valence-electron chi connectivity index (χ2n) is 8.20. The van der Waals surface area contributed by atoms with Gasteiger partial charge in [0.2, 0.25) is 0 Å². The van der Waals surface area contributed by atoms with Crippen LogP contribution in [0.1, 0.15) is 51.5 Å². The monoisotopic (exact) mass is 392 g/mol. The van der Waals surface area contributed by atoms with Crippen molar-refractivity contribution in [1.29, 1.82) is 0 Å². The molecule has 6 nitrogen and oxygen atoms in total. The SMILES string of the molecule is CC(C)CC(=O)O[C@H]1C[C@H]2OC(CCCOCc3ccccc3)(C1)O[C@H]2CO. The van der Waals surface area contributed by atoms with Crippen molar-refractivity contribution in [1.82, 2.24) is 0 Å². The van der Waals surface area contributed by atoms with E-state index < -0.39 is 5.79 Å². The van der Waals surface area contributed by atoms with Crippen molar-refractivity contribution < 1.29 is 28.8 Å². The Kier molecular flexibility index (Phi) is 7.46. The van der Waals surface area contributed by atoms with E-state index in [-0.39, 0.29) is 36.8 Å². The van der Waals surface area contributed by atoms with Gasteiger partial charge in [0, 0.05) is 32.3 Å². The zero-order chi connectivity index (χ0) is 20.0. The van der Waals surface area contributed by atoms with Crippen molar-refractivity contribution in [3.8, 4) is 0 Å². The number of carbonyl (C=O) groups is 1. The molecule has 3 rings (SSSR count). The molecule has 1 N–H and O–H groups in total. The number of carbonyl (C=O) groups excluding carboxylic acids is 1. The lowest BCUT2D eigenvalue weighted by molar-refractivity contribution is -0.224. The first-order valence-corrected chi connectivity index (χ1v) is 10.3. The van der Waals surface area contributed by atoms with Gasteiger partial charge < -0.3 is 24.1 Å². The summed E-state index contributed by atoms with van der Waals surface area (Å²) in [5, 5.41) is 9.61. The van der Waals surface area contributed by atoms with Gasteiger partial charge in [0.05, 0.1) is 19.3 Å². The molecule has 1 aromatic carbocycles. The van der Waals surface area contributed by atoms with Gasteiger partial charge in [0.25, 0.3) is 0 Å². The first-order valence-electron chi connectivity index (χ1n) is 10.3. The van der Waals surface area contributed by atoms with E-state index in [2.05, 4.69) is 0 Å². The molecule has 156 valence electrons. The largest absolute Gasteiger partial charge is 0.462 e. The quantitative estimate of drug-likeness (QED) is 0.487. The lowest BCUT2D eigenvalue weighted by Gasteiger charge is -2.36. The number of benzene rings is 1. The van der Waals surface area contributed by atoms with Gasteiger partial charge in [-0.3, -0.25) is 4.79 Å². The average Bonchev–Trinajstić information content (AvgIpc) is 2.91. The number of hydrogen-bond donors (Lipinski definition) is 1. The molecule has 0 spiro atoms. The number of aliphatic hydroxyl groups is 1. The van der Waals surface area contributed by atoms with Gasteiger partial charge in [-0.15, -0.1) is 0 Å². The molecule has 2 aliphatic rings. The fraction of sp³-hybridized carbons (Fsp3) is 0.682. The average molecular weight is 392 g/mol. The Labute approximate surface area is 167 Å². The highest BCUT2D eigenvalue weighted by Gasteiger charge is 2.53. The number of aliphatic hydroxyl groups excluding tert-OH is 1. The molecular weight excluding hydrogens is 360 g/mol. The Bertz CT molecular complexity index is 619. The molecule has 1 unspecified atom stereocenters. The lowest BCUT2D eigenvalue weighted by Crippen LogP contribution is -2.42. The van der Waals surface area contributed by atoms with Gasteiger partial charge in [-0.2, -0.15) is 0 Å². The predicted molar refractivity (Wildman–Crippen MR) is 103 cm³/mol. The molecule has 0 amide bonds. The minimum absolute atomic E-state index is 0.0937. The van der Waals surface area contributed by atoms with Crippen LogP contribution in [-0.4, -0.2) is 48.4 Å². The highest BCUT2D eigenvalue weighted by atomic mass is 16.8. The first-order chi connectivity index (χ1) is 13.5. The van der Waals surface area contributed by atoms with Gasteiger partial charge in [-0.1, -0.05) is 44.2 Å². The van der Waals surface area contributed by atoms with E-state index in [9.17, 15) is 9.90 Å². The van der Waals surface area contributed by atoms with Gasteiger partial charge in [0.1, 0.15) is 12.2 Å². The fourth-order valence-electron chi connectivity index (χ4n) is 3.96. The van der Waals surface area contributed by atoms with Crippen LogP contribution in [0.3, 0.4) is 0 Å². The number of fused-ring (bicyclic) bond motifs is 2. The summed E-state index contributed by atoms with van der Waals surface area (Å²) in [6.45, 7) is 5.07. The predicted octanol–water partition coefficient (Wildman–Crippen LogP) is 3.21. The van der Waals surface area contributed by atoms with Crippen LogP contribution in [0.15, 0.2) is 30.3 Å². The number of rotatable bonds is 10. The minimum Gasteiger partial charge on any atom is -0.462 e. The molecule has 2 bridgehead atoms. The summed E-state index contributed by atoms with van der Waals surface area (Å²) in [5.74, 6) is -0.709. The van der Waals surface area contributed by atoms with E-state index >= 15 is 0 Å². The van der Waals surface area contributed by atoms with Crippen molar-refractivity contribution >= 4 is 5.97 Å². The van der Waals surface area contributed by atoms with Crippen molar-refractivity contribution in [2.75, 3.05) is 13.2 Å². The zero-order valence-corrected chi connectivity index (χ0v) is 16.8. The molecule has 2 saturated heterocycles. The Morgan fingerprint density at radius 1 is 1.29 bits per heavy atom. The minimum atomic E-state index is -0.796. The standard InChI is InChI=1S/C22H32O6/c1-16(2)11-21(24)26-18-12-19-20(14-23)28-22(13-18,27-19)9-6-10-25-15-17-7-4-3-5-8-17/h3-5,7-8,16,18-20,23H,6,9-15H2,1-2H3/t18-,19+,20-,22?/m0/s1. The zero-order valence-electron chi connectivity index (χ0n) is 16.8.